The molecular weight excluding hydrogens is 342 g/mol. The van der Waals surface area contributed by atoms with Crippen LogP contribution in [0.3, 0.4) is 0 Å². The third kappa shape index (κ3) is 3.01. The number of hydrogen-bond acceptors (Lipinski definition) is 6. The molecule has 0 saturated heterocycles. The molecule has 1 atom stereocenters. The number of rotatable bonds is 5. The SMILES string of the molecule is COC1C(C(=O)c2ccccc2S(C)(=O)=O)=C(C2CC2)ON1Cl. The van der Waals surface area contributed by atoms with Crippen molar-refractivity contribution in [3.63, 3.8) is 0 Å². The largest absolute Gasteiger partial charge is 0.391 e. The Kier molecular flexibility index (Phi) is 4.22. The number of methoxy groups -OCH3 is 1. The summed E-state index contributed by atoms with van der Waals surface area (Å²) in [6, 6.07) is 6.10. The van der Waals surface area contributed by atoms with Crippen LogP contribution in [-0.2, 0) is 19.4 Å². The van der Waals surface area contributed by atoms with Gasteiger partial charge >= 0.3 is 0 Å². The summed E-state index contributed by atoms with van der Waals surface area (Å²) < 4.78 is 30.1. The van der Waals surface area contributed by atoms with E-state index in [0.717, 1.165) is 23.7 Å². The van der Waals surface area contributed by atoms with E-state index in [9.17, 15) is 13.2 Å². The number of hydrogen-bond donors (Lipinski definition) is 0. The van der Waals surface area contributed by atoms with E-state index in [1.807, 2.05) is 0 Å². The molecule has 1 aromatic rings. The van der Waals surface area contributed by atoms with E-state index in [1.54, 1.807) is 12.1 Å². The first-order chi connectivity index (χ1) is 10.8. The zero-order chi connectivity index (χ0) is 16.8. The molecule has 1 aliphatic carbocycles. The number of ketones is 1. The molecular formula is C15H16ClNO5S. The van der Waals surface area contributed by atoms with Crippen molar-refractivity contribution in [1.82, 2.24) is 4.58 Å². The molecule has 0 bridgehead atoms. The number of sulfone groups is 1. The minimum Gasteiger partial charge on any atom is -0.391 e. The van der Waals surface area contributed by atoms with Crippen LogP contribution in [0.1, 0.15) is 23.2 Å². The Hall–Kier alpha value is -1.41. The first-order valence-electron chi connectivity index (χ1n) is 7.08. The van der Waals surface area contributed by atoms with Crippen LogP contribution < -0.4 is 0 Å². The van der Waals surface area contributed by atoms with Crippen molar-refractivity contribution < 1.29 is 22.8 Å². The highest BCUT2D eigenvalue weighted by Crippen LogP contribution is 2.45. The van der Waals surface area contributed by atoms with Gasteiger partial charge in [-0.05, 0) is 29.6 Å². The number of ether oxygens (including phenoxy) is 1. The number of carbonyl (C=O) groups excluding carboxylic acids is 1. The summed E-state index contributed by atoms with van der Waals surface area (Å²) in [6.45, 7) is 0. The van der Waals surface area contributed by atoms with Crippen LogP contribution in [0.2, 0.25) is 0 Å². The minimum absolute atomic E-state index is 0.0180. The number of nitrogens with zero attached hydrogens (tertiary/aromatic N) is 1. The molecule has 3 rings (SSSR count). The number of benzene rings is 1. The van der Waals surface area contributed by atoms with Crippen molar-refractivity contribution >= 4 is 27.4 Å². The molecule has 23 heavy (non-hydrogen) atoms. The van der Waals surface area contributed by atoms with E-state index < -0.39 is 21.8 Å². The molecule has 124 valence electrons. The Morgan fingerprint density at radius 2 is 2.00 bits per heavy atom. The second-order valence-electron chi connectivity index (χ2n) is 5.60. The van der Waals surface area contributed by atoms with Crippen LogP contribution in [0.4, 0.5) is 0 Å². The van der Waals surface area contributed by atoms with Gasteiger partial charge in [-0.15, -0.1) is 0 Å². The normalized spacial score (nSPS) is 22.3. The Morgan fingerprint density at radius 3 is 2.57 bits per heavy atom. The zero-order valence-electron chi connectivity index (χ0n) is 12.7. The van der Waals surface area contributed by atoms with Crippen molar-refractivity contribution in [2.24, 2.45) is 5.92 Å². The number of halogens is 1. The fraction of sp³-hybridized carbons (Fsp3) is 0.400. The Morgan fingerprint density at radius 1 is 1.35 bits per heavy atom. The van der Waals surface area contributed by atoms with E-state index in [2.05, 4.69) is 0 Å². The van der Waals surface area contributed by atoms with Gasteiger partial charge in [0, 0.05) is 36.6 Å². The standard InChI is InChI=1S/C15H16ClNO5S/c1-21-15-12(14(9-7-8-9)22-17(15)16)13(18)10-5-3-4-6-11(10)23(2,19)20/h3-6,9,15H,7-8H2,1-2H3. The van der Waals surface area contributed by atoms with Crippen LogP contribution in [-0.4, -0.2) is 38.4 Å². The topological polar surface area (TPSA) is 72.9 Å². The van der Waals surface area contributed by atoms with Crippen LogP contribution in [0.25, 0.3) is 0 Å². The lowest BCUT2D eigenvalue weighted by atomic mass is 10.00. The van der Waals surface area contributed by atoms with Gasteiger partial charge < -0.3 is 9.57 Å². The van der Waals surface area contributed by atoms with Gasteiger partial charge in [0.25, 0.3) is 0 Å². The van der Waals surface area contributed by atoms with E-state index in [0.29, 0.717) is 5.76 Å². The third-order valence-electron chi connectivity index (χ3n) is 3.83. The highest BCUT2D eigenvalue weighted by atomic mass is 35.5. The van der Waals surface area contributed by atoms with Crippen molar-refractivity contribution in [2.75, 3.05) is 13.4 Å². The van der Waals surface area contributed by atoms with Crippen molar-refractivity contribution in [3.8, 4) is 0 Å². The maximum atomic E-state index is 13.0. The van der Waals surface area contributed by atoms with E-state index in [1.165, 1.54) is 19.2 Å². The monoisotopic (exact) mass is 357 g/mol. The summed E-state index contributed by atoms with van der Waals surface area (Å²) >= 11 is 5.97. The molecule has 6 nitrogen and oxygen atoms in total. The van der Waals surface area contributed by atoms with Crippen LogP contribution in [0.5, 0.6) is 0 Å². The summed E-state index contributed by atoms with van der Waals surface area (Å²) in [6.07, 6.45) is 2.01. The maximum absolute atomic E-state index is 13.0. The van der Waals surface area contributed by atoms with Crippen LogP contribution >= 0.6 is 11.8 Å². The number of allylic oxidation sites excluding steroid dienone is 1. The summed E-state index contributed by atoms with van der Waals surface area (Å²) in [7, 11) is -2.13. The Bertz CT molecular complexity index is 785. The van der Waals surface area contributed by atoms with Gasteiger partial charge in [-0.25, -0.2) is 8.42 Å². The van der Waals surface area contributed by atoms with Gasteiger partial charge in [-0.3, -0.25) is 4.79 Å². The first kappa shape index (κ1) is 16.4. The molecule has 8 heteroatoms. The molecule has 1 aromatic carbocycles. The molecule has 0 spiro atoms. The van der Waals surface area contributed by atoms with Gasteiger partial charge in [0.15, 0.2) is 21.8 Å². The second-order valence-corrected chi connectivity index (χ2v) is 7.92. The molecule has 1 fully saturated rings. The highest BCUT2D eigenvalue weighted by Gasteiger charge is 2.45. The predicted octanol–water partition coefficient (Wildman–Crippen LogP) is 2.31. The second kappa shape index (κ2) is 5.90. The predicted molar refractivity (Wildman–Crippen MR) is 83.2 cm³/mol. The van der Waals surface area contributed by atoms with E-state index in [4.69, 9.17) is 21.4 Å². The van der Waals surface area contributed by atoms with E-state index in [-0.39, 0.29) is 21.9 Å². The molecule has 1 aliphatic heterocycles. The van der Waals surface area contributed by atoms with Gasteiger partial charge in [-0.2, -0.15) is 0 Å². The van der Waals surface area contributed by atoms with Crippen LogP contribution in [0, 0.1) is 5.92 Å². The van der Waals surface area contributed by atoms with E-state index >= 15 is 0 Å². The Labute approximate surface area is 139 Å². The molecule has 0 radical (unpaired) electrons. The molecule has 0 N–H and O–H groups in total. The lowest BCUT2D eigenvalue weighted by molar-refractivity contribution is -0.113. The summed E-state index contributed by atoms with van der Waals surface area (Å²) in [4.78, 5) is 18.4. The summed E-state index contributed by atoms with van der Waals surface area (Å²) in [5.41, 5.74) is 0.363. The van der Waals surface area contributed by atoms with Crippen molar-refractivity contribution in [2.45, 2.75) is 24.0 Å². The molecule has 0 amide bonds. The smallest absolute Gasteiger partial charge is 0.197 e. The van der Waals surface area contributed by atoms with Crippen LogP contribution in [0.15, 0.2) is 40.5 Å². The van der Waals surface area contributed by atoms with Gasteiger partial charge in [0.05, 0.1) is 10.5 Å². The average Bonchev–Trinajstić information content (AvgIpc) is 3.29. The maximum Gasteiger partial charge on any atom is 0.197 e. The fourth-order valence-corrected chi connectivity index (χ4v) is 3.74. The summed E-state index contributed by atoms with van der Waals surface area (Å²) in [5.74, 6) is 0.156. The third-order valence-corrected chi connectivity index (χ3v) is 5.23. The minimum atomic E-state index is -3.54. The van der Waals surface area contributed by atoms with Crippen molar-refractivity contribution in [3.05, 3.63) is 41.2 Å². The van der Waals surface area contributed by atoms with Gasteiger partial charge in [-0.1, -0.05) is 12.1 Å². The molecule has 2 aliphatic rings. The zero-order valence-corrected chi connectivity index (χ0v) is 14.2. The first-order valence-corrected chi connectivity index (χ1v) is 9.31. The number of carbonyl (C=O) groups is 1. The highest BCUT2D eigenvalue weighted by molar-refractivity contribution is 7.90. The van der Waals surface area contributed by atoms with Gasteiger partial charge in [0.2, 0.25) is 0 Å². The molecule has 0 aromatic heterocycles. The quantitative estimate of drug-likeness (QED) is 0.594. The van der Waals surface area contributed by atoms with Crippen molar-refractivity contribution in [1.29, 1.82) is 0 Å². The van der Waals surface area contributed by atoms with Gasteiger partial charge in [0.1, 0.15) is 5.76 Å². The average molecular weight is 358 g/mol. The number of Topliss-reactive ketones (excluding diaryl/α,β-unsaturated/α-hetero) is 1. The Balaban J connectivity index is 2.11. The molecule has 1 saturated carbocycles. The lowest BCUT2D eigenvalue weighted by Gasteiger charge is -2.15. The lowest BCUT2D eigenvalue weighted by Crippen LogP contribution is -2.28. The molecule has 1 unspecified atom stereocenters. The number of hydroxylamine groups is 1. The summed E-state index contributed by atoms with van der Waals surface area (Å²) in [5, 5.41) is 0. The molecule has 1 heterocycles. The fourth-order valence-electron chi connectivity index (χ4n) is 2.60.